The van der Waals surface area contributed by atoms with E-state index >= 15 is 0 Å². The van der Waals surface area contributed by atoms with Gasteiger partial charge in [0, 0.05) is 16.8 Å². The maximum atomic E-state index is 14.1. The Morgan fingerprint density at radius 3 is 3.05 bits per heavy atom. The van der Waals surface area contributed by atoms with Gasteiger partial charge >= 0.3 is 0 Å². The topological polar surface area (TPSA) is 37.8 Å². The van der Waals surface area contributed by atoms with Crippen molar-refractivity contribution in [3.05, 3.63) is 41.7 Å². The molecule has 102 valence electrons. The van der Waals surface area contributed by atoms with Gasteiger partial charge in [0.25, 0.3) is 0 Å². The molecule has 0 bridgehead atoms. The van der Waals surface area contributed by atoms with E-state index in [0.717, 1.165) is 28.6 Å². The minimum Gasteiger partial charge on any atom is -0.354 e. The molecule has 0 aliphatic carbocycles. The number of thiophene rings is 1. The molecule has 0 fully saturated rings. The number of nitrogens with zero attached hydrogens (tertiary/aromatic N) is 2. The Bertz CT molecular complexity index is 739. The molecule has 0 unspecified atom stereocenters. The molecule has 1 aromatic carbocycles. The van der Waals surface area contributed by atoms with Gasteiger partial charge in [-0.15, -0.1) is 11.3 Å². The number of rotatable bonds is 4. The Kier molecular flexibility index (Phi) is 3.60. The third kappa shape index (κ3) is 2.36. The molecule has 0 atom stereocenters. The summed E-state index contributed by atoms with van der Waals surface area (Å²) in [5.74, 6) is 0.0738. The van der Waals surface area contributed by atoms with Crippen molar-refractivity contribution in [2.75, 3.05) is 11.9 Å². The van der Waals surface area contributed by atoms with Gasteiger partial charge in [0.05, 0.1) is 6.20 Å². The molecular formula is C15H14FN3S. The summed E-state index contributed by atoms with van der Waals surface area (Å²) in [7, 11) is 0. The van der Waals surface area contributed by atoms with Gasteiger partial charge in [0.15, 0.2) is 5.82 Å². The fraction of sp³-hybridized carbons (Fsp3) is 0.200. The van der Waals surface area contributed by atoms with E-state index in [0.29, 0.717) is 11.6 Å². The predicted molar refractivity (Wildman–Crippen MR) is 81.6 cm³/mol. The van der Waals surface area contributed by atoms with Crippen molar-refractivity contribution in [3.63, 3.8) is 0 Å². The first-order valence-electron chi connectivity index (χ1n) is 6.52. The Hall–Kier alpha value is -2.01. The standard InChI is InChI=1S/C15H14FN3S/c1-2-7-17-15-18-9-12(16)13(19-15)11-5-3-4-10-6-8-20-14(10)11/h3-6,8-9H,2,7H2,1H3,(H,17,18,19). The van der Waals surface area contributed by atoms with Crippen LogP contribution in [-0.2, 0) is 0 Å². The molecule has 20 heavy (non-hydrogen) atoms. The van der Waals surface area contributed by atoms with Crippen molar-refractivity contribution in [2.24, 2.45) is 0 Å². The zero-order chi connectivity index (χ0) is 13.9. The molecule has 1 N–H and O–H groups in total. The molecule has 0 amide bonds. The summed E-state index contributed by atoms with van der Waals surface area (Å²) in [4.78, 5) is 8.30. The molecule has 3 rings (SSSR count). The van der Waals surface area contributed by atoms with Crippen LogP contribution in [-0.4, -0.2) is 16.5 Å². The second-order valence-corrected chi connectivity index (χ2v) is 5.38. The third-order valence-corrected chi connectivity index (χ3v) is 3.97. The van der Waals surface area contributed by atoms with Crippen LogP contribution in [0.25, 0.3) is 21.3 Å². The SMILES string of the molecule is CCCNc1ncc(F)c(-c2cccc3ccsc23)n1. The first-order chi connectivity index (χ1) is 9.79. The zero-order valence-electron chi connectivity index (χ0n) is 11.1. The Morgan fingerprint density at radius 2 is 2.20 bits per heavy atom. The van der Waals surface area contributed by atoms with Gasteiger partial charge in [0.1, 0.15) is 5.69 Å². The summed E-state index contributed by atoms with van der Waals surface area (Å²) < 4.78 is 15.1. The fourth-order valence-corrected chi connectivity index (χ4v) is 2.97. The smallest absolute Gasteiger partial charge is 0.223 e. The van der Waals surface area contributed by atoms with Gasteiger partial charge in [0.2, 0.25) is 5.95 Å². The van der Waals surface area contributed by atoms with E-state index in [-0.39, 0.29) is 0 Å². The second-order valence-electron chi connectivity index (χ2n) is 4.46. The van der Waals surface area contributed by atoms with E-state index in [1.807, 2.05) is 29.6 Å². The lowest BCUT2D eigenvalue weighted by Gasteiger charge is -2.07. The summed E-state index contributed by atoms with van der Waals surface area (Å²) in [6.45, 7) is 2.83. The third-order valence-electron chi connectivity index (χ3n) is 3.01. The van der Waals surface area contributed by atoms with E-state index in [2.05, 4.69) is 22.2 Å². The van der Waals surface area contributed by atoms with Gasteiger partial charge in [-0.05, 0) is 23.3 Å². The number of anilines is 1. The number of hydrogen-bond acceptors (Lipinski definition) is 4. The minimum atomic E-state index is -0.395. The van der Waals surface area contributed by atoms with E-state index < -0.39 is 5.82 Å². The van der Waals surface area contributed by atoms with Crippen LogP contribution in [0.3, 0.4) is 0 Å². The summed E-state index contributed by atoms with van der Waals surface area (Å²) >= 11 is 1.59. The fourth-order valence-electron chi connectivity index (χ4n) is 2.06. The molecule has 0 radical (unpaired) electrons. The largest absolute Gasteiger partial charge is 0.354 e. The molecule has 3 aromatic rings. The quantitative estimate of drug-likeness (QED) is 0.776. The number of nitrogens with one attached hydrogen (secondary N) is 1. The van der Waals surface area contributed by atoms with Gasteiger partial charge in [-0.25, -0.2) is 14.4 Å². The Morgan fingerprint density at radius 1 is 1.30 bits per heavy atom. The lowest BCUT2D eigenvalue weighted by molar-refractivity contribution is 0.618. The van der Waals surface area contributed by atoms with Crippen molar-refractivity contribution in [1.29, 1.82) is 0 Å². The van der Waals surface area contributed by atoms with E-state index in [1.165, 1.54) is 6.20 Å². The maximum Gasteiger partial charge on any atom is 0.223 e. The maximum absolute atomic E-state index is 14.1. The van der Waals surface area contributed by atoms with Crippen LogP contribution in [0.15, 0.2) is 35.8 Å². The van der Waals surface area contributed by atoms with Crippen LogP contribution in [0.5, 0.6) is 0 Å². The highest BCUT2D eigenvalue weighted by Gasteiger charge is 2.13. The zero-order valence-corrected chi connectivity index (χ0v) is 11.9. The lowest BCUT2D eigenvalue weighted by atomic mass is 10.1. The number of fused-ring (bicyclic) bond motifs is 1. The van der Waals surface area contributed by atoms with Gasteiger partial charge < -0.3 is 5.32 Å². The van der Waals surface area contributed by atoms with Crippen molar-refractivity contribution in [1.82, 2.24) is 9.97 Å². The van der Waals surface area contributed by atoms with Gasteiger partial charge in [-0.2, -0.15) is 0 Å². The number of halogens is 1. The number of aromatic nitrogens is 2. The summed E-state index contributed by atoms with van der Waals surface area (Å²) in [6, 6.07) is 7.86. The van der Waals surface area contributed by atoms with Crippen LogP contribution in [0.2, 0.25) is 0 Å². The highest BCUT2D eigenvalue weighted by molar-refractivity contribution is 7.17. The van der Waals surface area contributed by atoms with Gasteiger partial charge in [-0.1, -0.05) is 25.1 Å². The molecule has 5 heteroatoms. The summed E-state index contributed by atoms with van der Waals surface area (Å²) in [5, 5.41) is 6.20. The highest BCUT2D eigenvalue weighted by Crippen LogP contribution is 2.32. The normalized spacial score (nSPS) is 10.9. The van der Waals surface area contributed by atoms with E-state index in [4.69, 9.17) is 0 Å². The average Bonchev–Trinajstić information content (AvgIpc) is 2.95. The number of hydrogen-bond donors (Lipinski definition) is 1. The van der Waals surface area contributed by atoms with Crippen molar-refractivity contribution < 1.29 is 4.39 Å². The molecular weight excluding hydrogens is 273 g/mol. The molecule has 0 aliphatic rings. The molecule has 2 aromatic heterocycles. The summed E-state index contributed by atoms with van der Waals surface area (Å²) in [5.41, 5.74) is 1.17. The molecule has 0 saturated carbocycles. The van der Waals surface area contributed by atoms with Crippen LogP contribution in [0.4, 0.5) is 10.3 Å². The predicted octanol–water partition coefficient (Wildman–Crippen LogP) is 4.32. The van der Waals surface area contributed by atoms with Crippen LogP contribution < -0.4 is 5.32 Å². The molecule has 2 heterocycles. The lowest BCUT2D eigenvalue weighted by Crippen LogP contribution is -2.05. The van der Waals surface area contributed by atoms with Crippen molar-refractivity contribution >= 4 is 27.4 Å². The monoisotopic (exact) mass is 287 g/mol. The van der Waals surface area contributed by atoms with E-state index in [9.17, 15) is 4.39 Å². The van der Waals surface area contributed by atoms with Crippen LogP contribution in [0.1, 0.15) is 13.3 Å². The molecule has 0 aliphatic heterocycles. The first kappa shape index (κ1) is 13.0. The minimum absolute atomic E-state index is 0.353. The molecule has 0 spiro atoms. The second kappa shape index (κ2) is 5.54. The Labute approximate surface area is 120 Å². The number of benzene rings is 1. The molecule has 3 nitrogen and oxygen atoms in total. The van der Waals surface area contributed by atoms with Crippen molar-refractivity contribution in [2.45, 2.75) is 13.3 Å². The molecule has 0 saturated heterocycles. The van der Waals surface area contributed by atoms with Crippen LogP contribution >= 0.6 is 11.3 Å². The van der Waals surface area contributed by atoms with Gasteiger partial charge in [-0.3, -0.25) is 0 Å². The summed E-state index contributed by atoms with van der Waals surface area (Å²) in [6.07, 6.45) is 2.20. The average molecular weight is 287 g/mol. The highest BCUT2D eigenvalue weighted by atomic mass is 32.1. The Balaban J connectivity index is 2.10. The van der Waals surface area contributed by atoms with Crippen LogP contribution in [0, 0.1) is 5.82 Å². The van der Waals surface area contributed by atoms with E-state index in [1.54, 1.807) is 11.3 Å². The first-order valence-corrected chi connectivity index (χ1v) is 7.40. The van der Waals surface area contributed by atoms with Crippen molar-refractivity contribution in [3.8, 4) is 11.3 Å².